The van der Waals surface area contributed by atoms with Crippen LogP contribution in [0.1, 0.15) is 46.9 Å². The van der Waals surface area contributed by atoms with E-state index in [0.29, 0.717) is 17.0 Å². The van der Waals surface area contributed by atoms with Crippen LogP contribution in [0.5, 0.6) is 5.75 Å². The summed E-state index contributed by atoms with van der Waals surface area (Å²) in [6.45, 7) is 10.9. The summed E-state index contributed by atoms with van der Waals surface area (Å²) < 4.78 is 5.86. The Balaban J connectivity index is 1.38. The SMILES string of the molecule is COc1cc(C)c2[nH]ccc2c1CN1C[C@H]2[C@H]3[C@@H](CN2C[C@H]1c1ccc(C(=O)O)cc1)C3(C)C. The van der Waals surface area contributed by atoms with Gasteiger partial charge in [-0.3, -0.25) is 9.80 Å². The van der Waals surface area contributed by atoms with Crippen LogP contribution in [0.3, 0.4) is 0 Å². The molecule has 178 valence electrons. The normalized spacial score (nSPS) is 28.0. The lowest BCUT2D eigenvalue weighted by Gasteiger charge is -2.46. The van der Waals surface area contributed by atoms with Crippen LogP contribution in [-0.4, -0.2) is 58.6 Å². The summed E-state index contributed by atoms with van der Waals surface area (Å²) in [5.74, 6) is 1.60. The highest BCUT2D eigenvalue weighted by Crippen LogP contribution is 2.65. The largest absolute Gasteiger partial charge is 0.496 e. The van der Waals surface area contributed by atoms with Crippen molar-refractivity contribution in [2.45, 2.75) is 39.4 Å². The lowest BCUT2D eigenvalue weighted by atomic mass is 9.93. The Hall–Kier alpha value is -2.83. The van der Waals surface area contributed by atoms with Crippen molar-refractivity contribution in [3.63, 3.8) is 0 Å². The number of rotatable bonds is 5. The third-order valence-corrected chi connectivity index (χ3v) is 8.96. The Morgan fingerprint density at radius 3 is 2.65 bits per heavy atom. The molecule has 0 bridgehead atoms. The molecule has 34 heavy (non-hydrogen) atoms. The zero-order valence-electron chi connectivity index (χ0n) is 20.3. The summed E-state index contributed by atoms with van der Waals surface area (Å²) in [7, 11) is 1.76. The molecular formula is C28H33N3O3. The van der Waals surface area contributed by atoms with Gasteiger partial charge in [0.2, 0.25) is 0 Å². The molecule has 2 aromatic carbocycles. The van der Waals surface area contributed by atoms with Crippen molar-refractivity contribution in [3.05, 3.63) is 64.8 Å². The summed E-state index contributed by atoms with van der Waals surface area (Å²) in [6, 6.07) is 12.6. The molecule has 0 radical (unpaired) electrons. The molecule has 3 aliphatic rings. The molecule has 1 aliphatic carbocycles. The fourth-order valence-electron chi connectivity index (χ4n) is 6.98. The van der Waals surface area contributed by atoms with Gasteiger partial charge in [0.05, 0.1) is 12.7 Å². The molecule has 1 saturated carbocycles. The minimum Gasteiger partial charge on any atom is -0.496 e. The number of methoxy groups -OCH3 is 1. The van der Waals surface area contributed by atoms with E-state index in [1.165, 1.54) is 34.1 Å². The number of aromatic nitrogens is 1. The predicted molar refractivity (Wildman–Crippen MR) is 132 cm³/mol. The van der Waals surface area contributed by atoms with E-state index >= 15 is 0 Å². The maximum absolute atomic E-state index is 11.4. The zero-order valence-corrected chi connectivity index (χ0v) is 20.3. The predicted octanol–water partition coefficient (Wildman–Crippen LogP) is 4.70. The van der Waals surface area contributed by atoms with Crippen molar-refractivity contribution < 1.29 is 14.6 Å². The van der Waals surface area contributed by atoms with E-state index in [0.717, 1.165) is 37.2 Å². The van der Waals surface area contributed by atoms with Crippen LogP contribution in [0.2, 0.25) is 0 Å². The van der Waals surface area contributed by atoms with Crippen molar-refractivity contribution in [2.75, 3.05) is 26.7 Å². The fraction of sp³-hybridized carbons (Fsp3) is 0.464. The number of carbonyl (C=O) groups is 1. The summed E-state index contributed by atoms with van der Waals surface area (Å²) in [4.78, 5) is 20.1. The van der Waals surface area contributed by atoms with Crippen molar-refractivity contribution in [2.24, 2.45) is 17.3 Å². The molecule has 0 spiro atoms. The Morgan fingerprint density at radius 2 is 1.94 bits per heavy atom. The molecule has 3 aromatic rings. The molecule has 2 aliphatic heterocycles. The molecule has 6 nitrogen and oxygen atoms in total. The number of aryl methyl sites for hydroxylation is 1. The second-order valence-corrected chi connectivity index (χ2v) is 11.0. The summed E-state index contributed by atoms with van der Waals surface area (Å²) in [5.41, 5.74) is 5.53. The molecule has 6 rings (SSSR count). The van der Waals surface area contributed by atoms with Crippen LogP contribution in [0, 0.1) is 24.2 Å². The van der Waals surface area contributed by atoms with Gasteiger partial charge in [0.1, 0.15) is 5.75 Å². The summed E-state index contributed by atoms with van der Waals surface area (Å²) >= 11 is 0. The van der Waals surface area contributed by atoms with Crippen LogP contribution in [0.15, 0.2) is 42.6 Å². The average molecular weight is 460 g/mol. The van der Waals surface area contributed by atoms with Crippen LogP contribution in [0.4, 0.5) is 0 Å². The van der Waals surface area contributed by atoms with Gasteiger partial charge in [0, 0.05) is 60.9 Å². The number of nitrogens with one attached hydrogen (secondary N) is 1. The highest BCUT2D eigenvalue weighted by atomic mass is 16.5. The van der Waals surface area contributed by atoms with Crippen molar-refractivity contribution in [3.8, 4) is 5.75 Å². The molecule has 2 N–H and O–H groups in total. The van der Waals surface area contributed by atoms with Gasteiger partial charge in [-0.2, -0.15) is 0 Å². The van der Waals surface area contributed by atoms with E-state index in [4.69, 9.17) is 4.74 Å². The summed E-state index contributed by atoms with van der Waals surface area (Å²) in [6.07, 6.45) is 2.01. The smallest absolute Gasteiger partial charge is 0.335 e. The second-order valence-electron chi connectivity index (χ2n) is 11.0. The van der Waals surface area contributed by atoms with Crippen LogP contribution >= 0.6 is 0 Å². The van der Waals surface area contributed by atoms with Crippen LogP contribution in [-0.2, 0) is 6.54 Å². The van der Waals surface area contributed by atoms with E-state index in [-0.39, 0.29) is 6.04 Å². The average Bonchev–Trinajstić information content (AvgIpc) is 3.22. The quantitative estimate of drug-likeness (QED) is 0.579. The Bertz CT molecular complexity index is 1260. The monoisotopic (exact) mass is 459 g/mol. The second kappa shape index (κ2) is 7.59. The minimum absolute atomic E-state index is 0.208. The first-order valence-corrected chi connectivity index (χ1v) is 12.2. The molecule has 0 unspecified atom stereocenters. The third kappa shape index (κ3) is 3.19. The lowest BCUT2D eigenvalue weighted by molar-refractivity contribution is 0.0209. The molecular weight excluding hydrogens is 426 g/mol. The van der Waals surface area contributed by atoms with E-state index in [1.807, 2.05) is 18.3 Å². The highest BCUT2D eigenvalue weighted by Gasteiger charge is 2.67. The van der Waals surface area contributed by atoms with Crippen molar-refractivity contribution >= 4 is 16.9 Å². The molecule has 0 amide bonds. The minimum atomic E-state index is -0.881. The molecule has 3 heterocycles. The fourth-order valence-corrected chi connectivity index (χ4v) is 6.98. The van der Waals surface area contributed by atoms with Gasteiger partial charge in [-0.1, -0.05) is 26.0 Å². The number of hydrogen-bond acceptors (Lipinski definition) is 4. The molecule has 2 saturated heterocycles. The first kappa shape index (κ1) is 21.7. The maximum atomic E-state index is 11.4. The number of aromatic amines is 1. The Labute approximate surface area is 200 Å². The number of aromatic carboxylic acids is 1. The number of fused-ring (bicyclic) bond motifs is 4. The van der Waals surface area contributed by atoms with Gasteiger partial charge >= 0.3 is 5.97 Å². The number of ether oxygens (including phenoxy) is 1. The number of nitrogens with zero attached hydrogens (tertiary/aromatic N) is 2. The standard InChI is InChI=1S/C28H33N3O3/c1-16-11-24(34-4)20(19-9-10-29-26(16)19)12-30-15-23-25-21(28(25,2)3)13-31(23)14-22(30)17-5-7-18(8-6-17)27(32)33/h5-11,21-23,25,29H,12-15H2,1-4H3,(H,32,33)/t21-,22+,23+,25-/m1/s1. The topological polar surface area (TPSA) is 68.8 Å². The molecule has 6 heteroatoms. The highest BCUT2D eigenvalue weighted by molar-refractivity contribution is 5.88. The third-order valence-electron chi connectivity index (χ3n) is 8.96. The maximum Gasteiger partial charge on any atom is 0.335 e. The van der Waals surface area contributed by atoms with E-state index in [1.54, 1.807) is 19.2 Å². The van der Waals surface area contributed by atoms with Crippen LogP contribution in [0.25, 0.3) is 10.9 Å². The first-order valence-electron chi connectivity index (χ1n) is 12.2. The summed E-state index contributed by atoms with van der Waals surface area (Å²) in [5, 5.41) is 10.6. The Kier molecular flexibility index (Phi) is 4.84. The number of piperazine rings is 1. The van der Waals surface area contributed by atoms with Crippen molar-refractivity contribution in [1.82, 2.24) is 14.8 Å². The van der Waals surface area contributed by atoms with Crippen LogP contribution < -0.4 is 4.74 Å². The van der Waals surface area contributed by atoms with E-state index in [9.17, 15) is 9.90 Å². The van der Waals surface area contributed by atoms with Gasteiger partial charge in [-0.05, 0) is 59.6 Å². The molecule has 4 atom stereocenters. The molecule has 1 aromatic heterocycles. The van der Waals surface area contributed by atoms with Crippen molar-refractivity contribution in [1.29, 1.82) is 0 Å². The number of H-pyrrole nitrogens is 1. The number of piperidine rings is 1. The number of benzene rings is 2. The zero-order chi connectivity index (χ0) is 23.8. The van der Waals surface area contributed by atoms with Gasteiger partial charge in [-0.15, -0.1) is 0 Å². The van der Waals surface area contributed by atoms with E-state index < -0.39 is 5.97 Å². The number of carboxylic acid groups (broad SMARTS) is 1. The number of hydrogen-bond donors (Lipinski definition) is 2. The Morgan fingerprint density at radius 1 is 1.18 bits per heavy atom. The number of carboxylic acids is 1. The molecule has 3 fully saturated rings. The van der Waals surface area contributed by atoms with Gasteiger partial charge in [0.25, 0.3) is 0 Å². The van der Waals surface area contributed by atoms with E-state index in [2.05, 4.69) is 47.7 Å². The van der Waals surface area contributed by atoms with Gasteiger partial charge in [0.15, 0.2) is 0 Å². The van der Waals surface area contributed by atoms with Gasteiger partial charge < -0.3 is 14.8 Å². The van der Waals surface area contributed by atoms with Gasteiger partial charge in [-0.25, -0.2) is 4.79 Å². The lowest BCUT2D eigenvalue weighted by Crippen LogP contribution is -2.54. The first-order chi connectivity index (χ1) is 16.3.